The van der Waals surface area contributed by atoms with Gasteiger partial charge >= 0.3 is 0 Å². The van der Waals surface area contributed by atoms with Crippen molar-refractivity contribution in [3.63, 3.8) is 0 Å². The van der Waals surface area contributed by atoms with Gasteiger partial charge in [-0.25, -0.2) is 0 Å². The standard InChI is InChI=1S/C20H23NO2/c1-15-10-12-21(13-11-15)20(22)18-14-17(8-9-19(18)23-2)16-6-4-3-5-7-16/h3-9,14-15H,10-13H2,1-2H3. The average Bonchev–Trinajstić information content (AvgIpc) is 2.62. The lowest BCUT2D eigenvalue weighted by atomic mass is 9.97. The van der Waals surface area contributed by atoms with Crippen LogP contribution in [-0.4, -0.2) is 31.0 Å². The number of benzene rings is 2. The van der Waals surface area contributed by atoms with Gasteiger partial charge in [-0.2, -0.15) is 0 Å². The van der Waals surface area contributed by atoms with Crippen LogP contribution in [0.4, 0.5) is 0 Å². The van der Waals surface area contributed by atoms with Crippen molar-refractivity contribution in [1.82, 2.24) is 4.90 Å². The maximum Gasteiger partial charge on any atom is 0.257 e. The van der Waals surface area contributed by atoms with Gasteiger partial charge in [0.25, 0.3) is 5.91 Å². The molecular weight excluding hydrogens is 286 g/mol. The number of nitrogens with zero attached hydrogens (tertiary/aromatic N) is 1. The van der Waals surface area contributed by atoms with Crippen LogP contribution in [0.5, 0.6) is 5.75 Å². The molecule has 0 aromatic heterocycles. The zero-order valence-electron chi connectivity index (χ0n) is 13.8. The maximum absolute atomic E-state index is 12.9. The number of likely N-dealkylation sites (tertiary alicyclic amines) is 1. The van der Waals surface area contributed by atoms with Gasteiger partial charge in [0.1, 0.15) is 5.75 Å². The highest BCUT2D eigenvalue weighted by Crippen LogP contribution is 2.28. The normalized spacial score (nSPS) is 15.5. The van der Waals surface area contributed by atoms with Crippen LogP contribution in [0.1, 0.15) is 30.1 Å². The minimum Gasteiger partial charge on any atom is -0.496 e. The molecule has 1 aliphatic rings. The van der Waals surface area contributed by atoms with Crippen LogP contribution in [0.2, 0.25) is 0 Å². The third kappa shape index (κ3) is 3.39. The molecule has 23 heavy (non-hydrogen) atoms. The summed E-state index contributed by atoms with van der Waals surface area (Å²) in [7, 11) is 1.62. The molecule has 0 N–H and O–H groups in total. The van der Waals surface area contributed by atoms with Gasteiger partial charge in [-0.3, -0.25) is 4.79 Å². The molecule has 0 atom stereocenters. The number of piperidine rings is 1. The van der Waals surface area contributed by atoms with Crippen LogP contribution in [0.25, 0.3) is 11.1 Å². The van der Waals surface area contributed by atoms with Crippen molar-refractivity contribution in [2.45, 2.75) is 19.8 Å². The van der Waals surface area contributed by atoms with Crippen molar-refractivity contribution < 1.29 is 9.53 Å². The van der Waals surface area contributed by atoms with Crippen LogP contribution in [0, 0.1) is 5.92 Å². The number of hydrogen-bond acceptors (Lipinski definition) is 2. The number of amides is 1. The van der Waals surface area contributed by atoms with Crippen LogP contribution < -0.4 is 4.74 Å². The Morgan fingerprint density at radius 1 is 1.04 bits per heavy atom. The molecule has 1 amide bonds. The molecule has 2 aromatic carbocycles. The zero-order chi connectivity index (χ0) is 16.2. The molecule has 0 spiro atoms. The van der Waals surface area contributed by atoms with Crippen molar-refractivity contribution >= 4 is 5.91 Å². The van der Waals surface area contributed by atoms with Gasteiger partial charge in [-0.05, 0) is 42.0 Å². The highest BCUT2D eigenvalue weighted by atomic mass is 16.5. The lowest BCUT2D eigenvalue weighted by molar-refractivity contribution is 0.0694. The maximum atomic E-state index is 12.9. The lowest BCUT2D eigenvalue weighted by Crippen LogP contribution is -2.38. The zero-order valence-corrected chi connectivity index (χ0v) is 13.8. The highest BCUT2D eigenvalue weighted by molar-refractivity contribution is 5.98. The van der Waals surface area contributed by atoms with Crippen molar-refractivity contribution in [3.05, 3.63) is 54.1 Å². The molecule has 1 saturated heterocycles. The van der Waals surface area contributed by atoms with E-state index < -0.39 is 0 Å². The molecule has 1 fully saturated rings. The Labute approximate surface area is 137 Å². The van der Waals surface area contributed by atoms with E-state index in [-0.39, 0.29) is 5.91 Å². The molecule has 0 saturated carbocycles. The predicted molar refractivity (Wildman–Crippen MR) is 92.7 cm³/mol. The fourth-order valence-corrected chi connectivity index (χ4v) is 3.07. The number of carbonyl (C=O) groups is 1. The van der Waals surface area contributed by atoms with E-state index in [1.165, 1.54) is 0 Å². The fraction of sp³-hybridized carbons (Fsp3) is 0.350. The minimum absolute atomic E-state index is 0.0755. The molecule has 3 rings (SSSR count). The molecule has 0 bridgehead atoms. The number of hydrogen-bond donors (Lipinski definition) is 0. The van der Waals surface area contributed by atoms with E-state index in [9.17, 15) is 4.79 Å². The predicted octanol–water partition coefficient (Wildman–Crippen LogP) is 4.23. The summed E-state index contributed by atoms with van der Waals surface area (Å²) >= 11 is 0. The Hall–Kier alpha value is -2.29. The van der Waals surface area contributed by atoms with Gasteiger partial charge in [0.15, 0.2) is 0 Å². The van der Waals surface area contributed by atoms with Gasteiger partial charge in [0.2, 0.25) is 0 Å². The van der Waals surface area contributed by atoms with Crippen LogP contribution >= 0.6 is 0 Å². The second-order valence-corrected chi connectivity index (χ2v) is 6.26. The number of carbonyl (C=O) groups excluding carboxylic acids is 1. The van der Waals surface area contributed by atoms with E-state index >= 15 is 0 Å². The smallest absolute Gasteiger partial charge is 0.257 e. The van der Waals surface area contributed by atoms with Crippen LogP contribution in [-0.2, 0) is 0 Å². The average molecular weight is 309 g/mol. The Bertz CT molecular complexity index is 673. The summed E-state index contributed by atoms with van der Waals surface area (Å²) in [5.41, 5.74) is 2.81. The van der Waals surface area contributed by atoms with Gasteiger partial charge in [0, 0.05) is 13.1 Å². The van der Waals surface area contributed by atoms with Crippen LogP contribution in [0.3, 0.4) is 0 Å². The molecular formula is C20H23NO2. The summed E-state index contributed by atoms with van der Waals surface area (Å²) in [5.74, 6) is 1.43. The Balaban J connectivity index is 1.92. The van der Waals surface area contributed by atoms with Crippen molar-refractivity contribution in [1.29, 1.82) is 0 Å². The van der Waals surface area contributed by atoms with E-state index in [0.29, 0.717) is 17.2 Å². The summed E-state index contributed by atoms with van der Waals surface area (Å²) in [5, 5.41) is 0. The van der Waals surface area contributed by atoms with E-state index in [2.05, 4.69) is 19.1 Å². The number of rotatable bonds is 3. The number of methoxy groups -OCH3 is 1. The monoisotopic (exact) mass is 309 g/mol. The Morgan fingerprint density at radius 2 is 1.74 bits per heavy atom. The minimum atomic E-state index is 0.0755. The summed E-state index contributed by atoms with van der Waals surface area (Å²) in [6.07, 6.45) is 2.15. The molecule has 0 radical (unpaired) electrons. The molecule has 3 nitrogen and oxygen atoms in total. The SMILES string of the molecule is COc1ccc(-c2ccccc2)cc1C(=O)N1CCC(C)CC1. The Kier molecular flexibility index (Phi) is 4.65. The topological polar surface area (TPSA) is 29.5 Å². The molecule has 0 aliphatic carbocycles. The first-order valence-electron chi connectivity index (χ1n) is 8.22. The largest absolute Gasteiger partial charge is 0.496 e. The first-order valence-corrected chi connectivity index (χ1v) is 8.22. The third-order valence-corrected chi connectivity index (χ3v) is 4.61. The number of ether oxygens (including phenoxy) is 1. The first-order chi connectivity index (χ1) is 11.2. The van der Waals surface area contributed by atoms with Crippen molar-refractivity contribution in [2.24, 2.45) is 5.92 Å². The summed E-state index contributed by atoms with van der Waals surface area (Å²) < 4.78 is 5.42. The molecule has 1 aliphatic heterocycles. The van der Waals surface area contributed by atoms with Crippen molar-refractivity contribution in [2.75, 3.05) is 20.2 Å². The summed E-state index contributed by atoms with van der Waals surface area (Å²) in [6.45, 7) is 3.91. The second kappa shape index (κ2) is 6.86. The molecule has 1 heterocycles. The fourth-order valence-electron chi connectivity index (χ4n) is 3.07. The molecule has 3 heteroatoms. The molecule has 120 valence electrons. The van der Waals surface area contributed by atoms with Gasteiger partial charge in [-0.15, -0.1) is 0 Å². The highest BCUT2D eigenvalue weighted by Gasteiger charge is 2.24. The van der Waals surface area contributed by atoms with E-state index in [1.807, 2.05) is 41.3 Å². The van der Waals surface area contributed by atoms with E-state index in [0.717, 1.165) is 37.1 Å². The van der Waals surface area contributed by atoms with Gasteiger partial charge in [-0.1, -0.05) is 43.3 Å². The molecule has 2 aromatic rings. The lowest BCUT2D eigenvalue weighted by Gasteiger charge is -2.30. The Morgan fingerprint density at radius 3 is 2.39 bits per heavy atom. The summed E-state index contributed by atoms with van der Waals surface area (Å²) in [4.78, 5) is 14.9. The quantitative estimate of drug-likeness (QED) is 0.849. The van der Waals surface area contributed by atoms with Gasteiger partial charge < -0.3 is 9.64 Å². The summed E-state index contributed by atoms with van der Waals surface area (Å²) in [6, 6.07) is 16.0. The van der Waals surface area contributed by atoms with E-state index in [4.69, 9.17) is 4.74 Å². The van der Waals surface area contributed by atoms with Crippen molar-refractivity contribution in [3.8, 4) is 16.9 Å². The van der Waals surface area contributed by atoms with Gasteiger partial charge in [0.05, 0.1) is 12.7 Å². The third-order valence-electron chi connectivity index (χ3n) is 4.61. The molecule has 0 unspecified atom stereocenters. The van der Waals surface area contributed by atoms with Crippen LogP contribution in [0.15, 0.2) is 48.5 Å². The second-order valence-electron chi connectivity index (χ2n) is 6.26. The van der Waals surface area contributed by atoms with E-state index in [1.54, 1.807) is 7.11 Å². The first kappa shape index (κ1) is 15.6.